The maximum Gasteiger partial charge on any atom is 0.123 e. The number of nitrogens with two attached hydrogens (primary N) is 1. The SMILES string of the molecule is CC(C)CC(CN)CN(C)Cc1cccc(F)c1. The van der Waals surface area contributed by atoms with E-state index in [-0.39, 0.29) is 5.82 Å². The molecule has 0 saturated heterocycles. The Morgan fingerprint density at radius 1 is 1.33 bits per heavy atom. The van der Waals surface area contributed by atoms with Crippen LogP contribution in [0.25, 0.3) is 0 Å². The first-order valence-electron chi connectivity index (χ1n) is 6.64. The number of halogens is 1. The zero-order chi connectivity index (χ0) is 13.5. The molecular weight excluding hydrogens is 227 g/mol. The van der Waals surface area contributed by atoms with E-state index in [0.717, 1.165) is 25.1 Å². The predicted molar refractivity (Wildman–Crippen MR) is 74.7 cm³/mol. The highest BCUT2D eigenvalue weighted by molar-refractivity contribution is 5.16. The van der Waals surface area contributed by atoms with Gasteiger partial charge >= 0.3 is 0 Å². The minimum atomic E-state index is -0.168. The molecule has 0 bridgehead atoms. The molecule has 1 atom stereocenters. The summed E-state index contributed by atoms with van der Waals surface area (Å²) in [6.07, 6.45) is 1.14. The van der Waals surface area contributed by atoms with Gasteiger partial charge in [0.05, 0.1) is 0 Å². The molecule has 0 fully saturated rings. The van der Waals surface area contributed by atoms with Crippen molar-refractivity contribution in [1.29, 1.82) is 0 Å². The van der Waals surface area contributed by atoms with Crippen molar-refractivity contribution in [3.05, 3.63) is 35.6 Å². The molecule has 2 N–H and O–H groups in total. The first-order valence-corrected chi connectivity index (χ1v) is 6.64. The van der Waals surface area contributed by atoms with E-state index in [2.05, 4.69) is 25.8 Å². The van der Waals surface area contributed by atoms with E-state index in [0.29, 0.717) is 18.4 Å². The van der Waals surface area contributed by atoms with Crippen LogP contribution in [0.15, 0.2) is 24.3 Å². The average Bonchev–Trinajstić information content (AvgIpc) is 2.27. The second-order valence-electron chi connectivity index (χ2n) is 5.56. The van der Waals surface area contributed by atoms with Gasteiger partial charge in [-0.15, -0.1) is 0 Å². The Morgan fingerprint density at radius 3 is 2.61 bits per heavy atom. The van der Waals surface area contributed by atoms with Gasteiger partial charge in [-0.05, 0) is 49.5 Å². The van der Waals surface area contributed by atoms with Crippen LogP contribution < -0.4 is 5.73 Å². The number of hydrogen-bond acceptors (Lipinski definition) is 2. The summed E-state index contributed by atoms with van der Waals surface area (Å²) in [6.45, 7) is 6.88. The predicted octanol–water partition coefficient (Wildman–Crippen LogP) is 2.88. The van der Waals surface area contributed by atoms with Crippen LogP contribution in [0.3, 0.4) is 0 Å². The Kier molecular flexibility index (Phi) is 6.30. The van der Waals surface area contributed by atoms with Gasteiger partial charge in [-0.3, -0.25) is 0 Å². The summed E-state index contributed by atoms with van der Waals surface area (Å²) in [6, 6.07) is 6.79. The molecular formula is C15H25FN2. The second-order valence-corrected chi connectivity index (χ2v) is 5.56. The Labute approximate surface area is 110 Å². The number of benzene rings is 1. The molecule has 0 saturated carbocycles. The highest BCUT2D eigenvalue weighted by atomic mass is 19.1. The van der Waals surface area contributed by atoms with Crippen LogP contribution in [0.5, 0.6) is 0 Å². The molecule has 0 aliphatic heterocycles. The Morgan fingerprint density at radius 2 is 2.06 bits per heavy atom. The molecule has 1 rings (SSSR count). The average molecular weight is 252 g/mol. The van der Waals surface area contributed by atoms with E-state index in [1.54, 1.807) is 12.1 Å². The largest absolute Gasteiger partial charge is 0.330 e. The van der Waals surface area contributed by atoms with Crippen LogP contribution in [0.4, 0.5) is 4.39 Å². The minimum absolute atomic E-state index is 0.168. The van der Waals surface area contributed by atoms with Gasteiger partial charge in [-0.1, -0.05) is 26.0 Å². The fourth-order valence-corrected chi connectivity index (χ4v) is 2.36. The zero-order valence-electron chi connectivity index (χ0n) is 11.7. The van der Waals surface area contributed by atoms with Crippen molar-refractivity contribution < 1.29 is 4.39 Å². The van der Waals surface area contributed by atoms with Gasteiger partial charge in [0.2, 0.25) is 0 Å². The van der Waals surface area contributed by atoms with Crippen molar-refractivity contribution in [2.75, 3.05) is 20.1 Å². The van der Waals surface area contributed by atoms with Gasteiger partial charge in [0.25, 0.3) is 0 Å². The van der Waals surface area contributed by atoms with E-state index >= 15 is 0 Å². The molecule has 102 valence electrons. The molecule has 0 heterocycles. The van der Waals surface area contributed by atoms with Crippen molar-refractivity contribution in [3.63, 3.8) is 0 Å². The topological polar surface area (TPSA) is 29.3 Å². The lowest BCUT2D eigenvalue weighted by molar-refractivity contribution is 0.250. The van der Waals surface area contributed by atoms with Gasteiger partial charge in [-0.2, -0.15) is 0 Å². The quantitative estimate of drug-likeness (QED) is 0.808. The van der Waals surface area contributed by atoms with Crippen molar-refractivity contribution in [2.45, 2.75) is 26.8 Å². The summed E-state index contributed by atoms with van der Waals surface area (Å²) in [5.74, 6) is 1.02. The number of rotatable bonds is 7. The van der Waals surface area contributed by atoms with Crippen LogP contribution in [-0.2, 0) is 6.54 Å². The summed E-state index contributed by atoms with van der Waals surface area (Å²) >= 11 is 0. The van der Waals surface area contributed by atoms with Crippen molar-refractivity contribution in [2.24, 2.45) is 17.6 Å². The van der Waals surface area contributed by atoms with E-state index in [9.17, 15) is 4.39 Å². The Bertz CT molecular complexity index is 352. The molecule has 0 aliphatic rings. The van der Waals surface area contributed by atoms with E-state index < -0.39 is 0 Å². The molecule has 1 aromatic carbocycles. The molecule has 3 heteroatoms. The third kappa shape index (κ3) is 5.61. The summed E-state index contributed by atoms with van der Waals surface area (Å²) in [5, 5.41) is 0. The molecule has 1 unspecified atom stereocenters. The van der Waals surface area contributed by atoms with Gasteiger partial charge in [-0.25, -0.2) is 4.39 Å². The standard InChI is InChI=1S/C15H25FN2/c1-12(2)7-14(9-17)11-18(3)10-13-5-4-6-15(16)8-13/h4-6,8,12,14H,7,9-11,17H2,1-3H3. The van der Waals surface area contributed by atoms with Crippen LogP contribution in [-0.4, -0.2) is 25.0 Å². The van der Waals surface area contributed by atoms with Crippen LogP contribution in [0.1, 0.15) is 25.8 Å². The number of nitrogens with zero attached hydrogens (tertiary/aromatic N) is 1. The molecule has 0 spiro atoms. The molecule has 0 amide bonds. The van der Waals surface area contributed by atoms with Crippen LogP contribution in [0, 0.1) is 17.7 Å². The Balaban J connectivity index is 2.47. The summed E-state index contributed by atoms with van der Waals surface area (Å²) in [5.41, 5.74) is 6.81. The van der Waals surface area contributed by atoms with Gasteiger partial charge in [0.1, 0.15) is 5.82 Å². The lowest BCUT2D eigenvalue weighted by Gasteiger charge is -2.24. The third-order valence-electron chi connectivity index (χ3n) is 3.05. The second kappa shape index (κ2) is 7.49. The summed E-state index contributed by atoms with van der Waals surface area (Å²) < 4.78 is 13.1. The smallest absolute Gasteiger partial charge is 0.123 e. The monoisotopic (exact) mass is 252 g/mol. The van der Waals surface area contributed by atoms with Gasteiger partial charge in [0.15, 0.2) is 0 Å². The zero-order valence-corrected chi connectivity index (χ0v) is 11.7. The maximum atomic E-state index is 13.1. The maximum absolute atomic E-state index is 13.1. The minimum Gasteiger partial charge on any atom is -0.330 e. The first kappa shape index (κ1) is 15.1. The van der Waals surface area contributed by atoms with Gasteiger partial charge < -0.3 is 10.6 Å². The van der Waals surface area contributed by atoms with Crippen molar-refractivity contribution >= 4 is 0 Å². The van der Waals surface area contributed by atoms with Crippen LogP contribution >= 0.6 is 0 Å². The lowest BCUT2D eigenvalue weighted by Crippen LogP contribution is -2.30. The fourth-order valence-electron chi connectivity index (χ4n) is 2.36. The van der Waals surface area contributed by atoms with Crippen LogP contribution in [0.2, 0.25) is 0 Å². The fraction of sp³-hybridized carbons (Fsp3) is 0.600. The third-order valence-corrected chi connectivity index (χ3v) is 3.05. The molecule has 0 aliphatic carbocycles. The molecule has 2 nitrogen and oxygen atoms in total. The van der Waals surface area contributed by atoms with E-state index in [4.69, 9.17) is 5.73 Å². The highest BCUT2D eigenvalue weighted by Gasteiger charge is 2.12. The first-order chi connectivity index (χ1) is 8.51. The Hall–Kier alpha value is -0.930. The summed E-state index contributed by atoms with van der Waals surface area (Å²) in [7, 11) is 2.06. The molecule has 1 aromatic rings. The van der Waals surface area contributed by atoms with Gasteiger partial charge in [0, 0.05) is 13.1 Å². The molecule has 18 heavy (non-hydrogen) atoms. The number of hydrogen-bond donors (Lipinski definition) is 1. The molecule has 0 aromatic heterocycles. The summed E-state index contributed by atoms with van der Waals surface area (Å²) in [4.78, 5) is 2.22. The lowest BCUT2D eigenvalue weighted by atomic mass is 9.96. The van der Waals surface area contributed by atoms with Crippen molar-refractivity contribution in [3.8, 4) is 0 Å². The normalized spacial score (nSPS) is 13.3. The highest BCUT2D eigenvalue weighted by Crippen LogP contribution is 2.13. The van der Waals surface area contributed by atoms with Crippen molar-refractivity contribution in [1.82, 2.24) is 4.90 Å². The van der Waals surface area contributed by atoms with E-state index in [1.165, 1.54) is 6.07 Å². The van der Waals surface area contributed by atoms with E-state index in [1.807, 2.05) is 6.07 Å². The molecule has 0 radical (unpaired) electrons.